The monoisotopic (exact) mass is 250 g/mol. The van der Waals surface area contributed by atoms with Crippen molar-refractivity contribution >= 4 is 11.6 Å². The second-order valence-electron chi connectivity index (χ2n) is 6.15. The minimum atomic E-state index is 0.318. The van der Waals surface area contributed by atoms with E-state index < -0.39 is 0 Å². The van der Waals surface area contributed by atoms with Crippen molar-refractivity contribution in [1.29, 1.82) is 5.26 Å². The van der Waals surface area contributed by atoms with Crippen molar-refractivity contribution in [3.8, 4) is 6.07 Å². The first kappa shape index (κ1) is 11.4. The third kappa shape index (κ3) is 1.95. The van der Waals surface area contributed by atoms with E-state index >= 15 is 0 Å². The number of rotatable bonds is 2. The lowest BCUT2D eigenvalue weighted by Gasteiger charge is -2.54. The molecule has 4 aliphatic rings. The van der Waals surface area contributed by atoms with Crippen molar-refractivity contribution in [2.24, 2.45) is 23.7 Å². The predicted molar refractivity (Wildman–Crippen MR) is 68.1 cm³/mol. The van der Waals surface area contributed by atoms with Gasteiger partial charge in [-0.25, -0.2) is 0 Å². The van der Waals surface area contributed by atoms with Gasteiger partial charge in [0.15, 0.2) is 0 Å². The standard InChI is InChI=1S/C14H19ClN2/c1-8(13(15)7-16)17-14-11-3-9-2-10(5-11)6-12(14)4-9/h9-12,14,17H,2-6H2,1H3/b13-8-. The van der Waals surface area contributed by atoms with Gasteiger partial charge in [0.25, 0.3) is 0 Å². The molecule has 0 aromatic rings. The molecule has 4 saturated carbocycles. The lowest BCUT2D eigenvalue weighted by Crippen LogP contribution is -2.54. The summed E-state index contributed by atoms with van der Waals surface area (Å²) in [5.41, 5.74) is 0.867. The number of halogens is 1. The van der Waals surface area contributed by atoms with E-state index in [2.05, 4.69) is 5.32 Å². The van der Waals surface area contributed by atoms with Crippen molar-refractivity contribution in [2.45, 2.75) is 45.1 Å². The maximum atomic E-state index is 8.81. The van der Waals surface area contributed by atoms with E-state index in [9.17, 15) is 0 Å². The second-order valence-corrected chi connectivity index (χ2v) is 6.53. The molecule has 0 heterocycles. The normalized spacial score (nSPS) is 44.2. The molecule has 0 aliphatic heterocycles. The van der Waals surface area contributed by atoms with Gasteiger partial charge in [-0.05, 0) is 62.7 Å². The summed E-state index contributed by atoms with van der Waals surface area (Å²) in [5.74, 6) is 3.63. The molecule has 0 atom stereocenters. The Hall–Kier alpha value is -0.680. The van der Waals surface area contributed by atoms with Gasteiger partial charge in [0.2, 0.25) is 0 Å². The Bertz CT molecular complexity index is 366. The number of hydrogen-bond donors (Lipinski definition) is 1. The predicted octanol–water partition coefficient (Wildman–Crippen LogP) is 3.39. The molecule has 4 bridgehead atoms. The number of nitrogens with one attached hydrogen (secondary N) is 1. The van der Waals surface area contributed by atoms with Gasteiger partial charge in [-0.3, -0.25) is 0 Å². The fourth-order valence-corrected chi connectivity index (χ4v) is 4.61. The van der Waals surface area contributed by atoms with E-state index in [1.807, 2.05) is 13.0 Å². The molecule has 0 unspecified atom stereocenters. The van der Waals surface area contributed by atoms with Gasteiger partial charge in [-0.2, -0.15) is 5.26 Å². The van der Waals surface area contributed by atoms with E-state index in [-0.39, 0.29) is 0 Å². The zero-order valence-corrected chi connectivity index (χ0v) is 11.0. The van der Waals surface area contributed by atoms with Crippen LogP contribution in [-0.2, 0) is 0 Å². The van der Waals surface area contributed by atoms with Crippen LogP contribution in [0.4, 0.5) is 0 Å². The summed E-state index contributed by atoms with van der Waals surface area (Å²) in [5, 5.41) is 12.7. The lowest BCUT2D eigenvalue weighted by molar-refractivity contribution is -0.0101. The first-order valence-corrected chi connectivity index (χ1v) is 7.08. The Kier molecular flexibility index (Phi) is 2.83. The summed E-state index contributed by atoms with van der Waals surface area (Å²) in [6.07, 6.45) is 7.04. The quantitative estimate of drug-likeness (QED) is 0.763. The number of nitrogens with zero attached hydrogens (tertiary/aromatic N) is 1. The molecule has 0 aromatic carbocycles. The Balaban J connectivity index is 1.75. The van der Waals surface area contributed by atoms with Crippen LogP contribution in [0.25, 0.3) is 0 Å². The molecule has 4 fully saturated rings. The van der Waals surface area contributed by atoms with Crippen LogP contribution in [0.1, 0.15) is 39.0 Å². The molecule has 4 aliphatic carbocycles. The van der Waals surface area contributed by atoms with Crippen LogP contribution in [0, 0.1) is 35.0 Å². The average molecular weight is 251 g/mol. The highest BCUT2D eigenvalue weighted by Gasteiger charge is 2.48. The SMILES string of the molecule is C/C(NC1C2CC3CC(C2)CC1C3)=C(/Cl)C#N. The highest BCUT2D eigenvalue weighted by atomic mass is 35.5. The van der Waals surface area contributed by atoms with Crippen LogP contribution >= 0.6 is 11.6 Å². The molecule has 17 heavy (non-hydrogen) atoms. The first-order valence-electron chi connectivity index (χ1n) is 6.70. The number of allylic oxidation sites excluding steroid dienone is 2. The van der Waals surface area contributed by atoms with Crippen LogP contribution in [-0.4, -0.2) is 6.04 Å². The Labute approximate surface area is 108 Å². The molecular formula is C14H19ClN2. The molecule has 0 aromatic heterocycles. The molecule has 92 valence electrons. The molecule has 4 rings (SSSR count). The third-order valence-corrected chi connectivity index (χ3v) is 5.41. The van der Waals surface area contributed by atoms with E-state index in [1.165, 1.54) is 32.1 Å². The smallest absolute Gasteiger partial charge is 0.136 e. The maximum absolute atomic E-state index is 8.81. The summed E-state index contributed by atoms with van der Waals surface area (Å²) < 4.78 is 0. The Morgan fingerprint density at radius 2 is 1.65 bits per heavy atom. The van der Waals surface area contributed by atoms with Crippen molar-refractivity contribution in [2.75, 3.05) is 0 Å². The van der Waals surface area contributed by atoms with Crippen LogP contribution in [0.15, 0.2) is 10.7 Å². The van der Waals surface area contributed by atoms with Crippen LogP contribution < -0.4 is 5.32 Å². The minimum absolute atomic E-state index is 0.318. The number of hydrogen-bond acceptors (Lipinski definition) is 2. The molecule has 0 saturated heterocycles. The van der Waals surface area contributed by atoms with Crippen LogP contribution in [0.3, 0.4) is 0 Å². The lowest BCUT2D eigenvalue weighted by atomic mass is 9.54. The van der Waals surface area contributed by atoms with Crippen molar-refractivity contribution in [1.82, 2.24) is 5.32 Å². The summed E-state index contributed by atoms with van der Waals surface area (Å²) in [4.78, 5) is 0. The van der Waals surface area contributed by atoms with Gasteiger partial charge in [-0.15, -0.1) is 0 Å². The molecule has 0 radical (unpaired) electrons. The third-order valence-electron chi connectivity index (χ3n) is 5.04. The van der Waals surface area contributed by atoms with Gasteiger partial charge >= 0.3 is 0 Å². The maximum Gasteiger partial charge on any atom is 0.136 e. The van der Waals surface area contributed by atoms with E-state index in [4.69, 9.17) is 16.9 Å². The van der Waals surface area contributed by atoms with E-state index in [1.54, 1.807) is 0 Å². The molecule has 0 spiro atoms. The fourth-order valence-electron chi connectivity index (χ4n) is 4.56. The Morgan fingerprint density at radius 3 is 2.12 bits per heavy atom. The van der Waals surface area contributed by atoms with Crippen molar-refractivity contribution < 1.29 is 0 Å². The van der Waals surface area contributed by atoms with Crippen molar-refractivity contribution in [3.63, 3.8) is 0 Å². The van der Waals surface area contributed by atoms with Crippen LogP contribution in [0.2, 0.25) is 0 Å². The van der Waals surface area contributed by atoms with E-state index in [0.717, 1.165) is 29.4 Å². The van der Waals surface area contributed by atoms with Gasteiger partial charge < -0.3 is 5.32 Å². The fraction of sp³-hybridized carbons (Fsp3) is 0.786. The van der Waals surface area contributed by atoms with Gasteiger partial charge in [0.1, 0.15) is 11.1 Å². The zero-order chi connectivity index (χ0) is 12.0. The summed E-state index contributed by atoms with van der Waals surface area (Å²) in [6, 6.07) is 2.59. The van der Waals surface area contributed by atoms with Gasteiger partial charge in [-0.1, -0.05) is 11.6 Å². The molecule has 2 nitrogen and oxygen atoms in total. The molecular weight excluding hydrogens is 232 g/mol. The van der Waals surface area contributed by atoms with Gasteiger partial charge in [0.05, 0.1) is 0 Å². The Morgan fingerprint density at radius 1 is 1.12 bits per heavy atom. The topological polar surface area (TPSA) is 35.8 Å². The summed E-state index contributed by atoms with van der Waals surface area (Å²) in [6.45, 7) is 1.93. The van der Waals surface area contributed by atoms with E-state index in [0.29, 0.717) is 11.1 Å². The first-order chi connectivity index (χ1) is 8.17. The highest BCUT2D eigenvalue weighted by molar-refractivity contribution is 6.32. The second kappa shape index (κ2) is 4.21. The molecule has 1 N–H and O–H groups in total. The summed E-state index contributed by atoms with van der Waals surface area (Å²) >= 11 is 5.89. The molecule has 3 heteroatoms. The molecule has 0 amide bonds. The summed E-state index contributed by atoms with van der Waals surface area (Å²) in [7, 11) is 0. The van der Waals surface area contributed by atoms with Gasteiger partial charge in [0, 0.05) is 11.7 Å². The van der Waals surface area contributed by atoms with Crippen molar-refractivity contribution in [3.05, 3.63) is 10.7 Å². The highest BCUT2D eigenvalue weighted by Crippen LogP contribution is 2.53. The zero-order valence-electron chi connectivity index (χ0n) is 10.2. The minimum Gasteiger partial charge on any atom is -0.383 e. The number of nitriles is 1. The largest absolute Gasteiger partial charge is 0.383 e. The average Bonchev–Trinajstić information content (AvgIpc) is 2.31. The van der Waals surface area contributed by atoms with Crippen LogP contribution in [0.5, 0.6) is 0 Å².